The van der Waals surface area contributed by atoms with E-state index in [0.717, 1.165) is 11.8 Å². The third-order valence-corrected chi connectivity index (χ3v) is 5.24. The number of ether oxygens (including phenoxy) is 2. The molecule has 0 saturated carbocycles. The molecule has 0 aromatic heterocycles. The van der Waals surface area contributed by atoms with Crippen molar-refractivity contribution in [2.75, 3.05) is 24.8 Å². The van der Waals surface area contributed by atoms with Crippen LogP contribution in [0.2, 0.25) is 0 Å². The summed E-state index contributed by atoms with van der Waals surface area (Å²) < 4.78 is 33.4. The van der Waals surface area contributed by atoms with E-state index in [1.165, 1.54) is 23.8 Å². The number of nitrogens with one attached hydrogen (secondary N) is 1. The van der Waals surface area contributed by atoms with Crippen molar-refractivity contribution in [3.8, 4) is 5.75 Å². The van der Waals surface area contributed by atoms with Crippen molar-refractivity contribution in [2.45, 2.75) is 31.6 Å². The monoisotopic (exact) mass is 419 g/mol. The normalized spacial score (nSPS) is 11.2. The molecule has 0 bridgehead atoms. The van der Waals surface area contributed by atoms with E-state index in [4.69, 9.17) is 9.47 Å². The Morgan fingerprint density at radius 2 is 1.79 bits per heavy atom. The fraction of sp³-hybridized carbons (Fsp3) is 0.333. The molecule has 1 N–H and O–H groups in total. The third-order valence-electron chi connectivity index (χ3n) is 4.13. The molecule has 2 aromatic carbocycles. The van der Waals surface area contributed by atoms with Gasteiger partial charge in [-0.25, -0.2) is 13.2 Å². The minimum Gasteiger partial charge on any atom is -0.482 e. The summed E-state index contributed by atoms with van der Waals surface area (Å²) in [5, 5.41) is 2.49. The van der Waals surface area contributed by atoms with Crippen molar-refractivity contribution in [3.05, 3.63) is 53.6 Å². The topological polar surface area (TPSA) is 98.8 Å². The van der Waals surface area contributed by atoms with Crippen molar-refractivity contribution < 1.29 is 27.5 Å². The number of hydrogen-bond acceptors (Lipinski definition) is 6. The predicted molar refractivity (Wildman–Crippen MR) is 110 cm³/mol. The molecule has 0 fully saturated rings. The highest BCUT2D eigenvalue weighted by molar-refractivity contribution is 7.90. The zero-order chi connectivity index (χ0) is 21.6. The van der Waals surface area contributed by atoms with Crippen LogP contribution in [0.5, 0.6) is 5.75 Å². The van der Waals surface area contributed by atoms with Crippen LogP contribution in [0.15, 0.2) is 47.4 Å². The van der Waals surface area contributed by atoms with Crippen molar-refractivity contribution in [1.82, 2.24) is 0 Å². The number of amides is 1. The van der Waals surface area contributed by atoms with Crippen LogP contribution >= 0.6 is 0 Å². The van der Waals surface area contributed by atoms with Crippen molar-refractivity contribution in [1.29, 1.82) is 0 Å². The van der Waals surface area contributed by atoms with Gasteiger partial charge in [-0.15, -0.1) is 0 Å². The number of aryl methyl sites for hydroxylation is 1. The highest BCUT2D eigenvalue weighted by Gasteiger charge is 2.12. The lowest BCUT2D eigenvalue weighted by Gasteiger charge is -2.12. The maximum atomic E-state index is 11.9. The van der Waals surface area contributed by atoms with E-state index in [-0.39, 0.29) is 11.5 Å². The number of sulfone groups is 1. The van der Waals surface area contributed by atoms with Gasteiger partial charge >= 0.3 is 5.97 Å². The van der Waals surface area contributed by atoms with Crippen LogP contribution in [0, 0.1) is 6.92 Å². The summed E-state index contributed by atoms with van der Waals surface area (Å²) in [6, 6.07) is 11.4. The van der Waals surface area contributed by atoms with Gasteiger partial charge in [-0.3, -0.25) is 4.79 Å². The average Bonchev–Trinajstić information content (AvgIpc) is 2.64. The molecule has 2 rings (SSSR count). The Morgan fingerprint density at radius 1 is 1.07 bits per heavy atom. The minimum absolute atomic E-state index is 0.0828. The molecule has 7 nitrogen and oxygen atoms in total. The Hall–Kier alpha value is -2.87. The fourth-order valence-corrected chi connectivity index (χ4v) is 3.38. The van der Waals surface area contributed by atoms with E-state index in [2.05, 4.69) is 19.2 Å². The maximum absolute atomic E-state index is 11.9. The van der Waals surface area contributed by atoms with E-state index >= 15 is 0 Å². The SMILES string of the molecule is Cc1cc(OCC(=O)OCC(=O)Nc2cccc(S(C)(=O)=O)c2)ccc1C(C)C. The van der Waals surface area contributed by atoms with Gasteiger partial charge in [0.05, 0.1) is 4.90 Å². The van der Waals surface area contributed by atoms with E-state index in [1.807, 2.05) is 19.1 Å². The Bertz CT molecular complexity index is 998. The van der Waals surface area contributed by atoms with Crippen molar-refractivity contribution >= 4 is 27.4 Å². The molecule has 0 spiro atoms. The molecule has 156 valence electrons. The second kappa shape index (κ2) is 9.56. The van der Waals surface area contributed by atoms with Crippen LogP contribution < -0.4 is 10.1 Å². The maximum Gasteiger partial charge on any atom is 0.344 e. The summed E-state index contributed by atoms with van der Waals surface area (Å²) in [5.74, 6) is -0.326. The zero-order valence-electron chi connectivity index (χ0n) is 16.9. The first kappa shape index (κ1) is 22.4. The lowest BCUT2D eigenvalue weighted by Crippen LogP contribution is -2.23. The van der Waals surface area contributed by atoms with Gasteiger partial charge in [0.2, 0.25) is 0 Å². The third kappa shape index (κ3) is 6.90. The van der Waals surface area contributed by atoms with Gasteiger partial charge in [0.25, 0.3) is 5.91 Å². The molecule has 0 aliphatic heterocycles. The van der Waals surface area contributed by atoms with Gasteiger partial charge in [0.1, 0.15) is 5.75 Å². The van der Waals surface area contributed by atoms with E-state index in [9.17, 15) is 18.0 Å². The summed E-state index contributed by atoms with van der Waals surface area (Å²) in [7, 11) is -3.38. The van der Waals surface area contributed by atoms with Gasteiger partial charge in [-0.1, -0.05) is 26.0 Å². The number of hydrogen-bond donors (Lipinski definition) is 1. The quantitative estimate of drug-likeness (QED) is 0.660. The number of rotatable bonds is 8. The van der Waals surface area contributed by atoms with Crippen LogP contribution in [0.3, 0.4) is 0 Å². The summed E-state index contributed by atoms with van der Waals surface area (Å²) >= 11 is 0. The van der Waals surface area contributed by atoms with E-state index in [1.54, 1.807) is 12.1 Å². The lowest BCUT2D eigenvalue weighted by atomic mass is 9.98. The molecule has 0 saturated heterocycles. The van der Waals surface area contributed by atoms with Gasteiger partial charge in [-0.2, -0.15) is 0 Å². The summed E-state index contributed by atoms with van der Waals surface area (Å²) in [6.45, 7) is 5.35. The second-order valence-electron chi connectivity index (χ2n) is 6.97. The number of carbonyl (C=O) groups excluding carboxylic acids is 2. The van der Waals surface area contributed by atoms with Crippen molar-refractivity contribution in [3.63, 3.8) is 0 Å². The van der Waals surface area contributed by atoms with Crippen LogP contribution in [-0.4, -0.2) is 39.8 Å². The molecule has 0 radical (unpaired) electrons. The van der Waals surface area contributed by atoms with Gasteiger partial charge < -0.3 is 14.8 Å². The second-order valence-corrected chi connectivity index (χ2v) is 8.99. The summed E-state index contributed by atoms with van der Waals surface area (Å²) in [5.41, 5.74) is 2.57. The molecule has 0 heterocycles. The first-order valence-electron chi connectivity index (χ1n) is 9.05. The van der Waals surface area contributed by atoms with Gasteiger partial charge in [0, 0.05) is 11.9 Å². The molecule has 0 atom stereocenters. The lowest BCUT2D eigenvalue weighted by molar-refractivity contribution is -0.149. The smallest absolute Gasteiger partial charge is 0.344 e. The Morgan fingerprint density at radius 3 is 2.41 bits per heavy atom. The van der Waals surface area contributed by atoms with E-state index < -0.39 is 28.3 Å². The van der Waals surface area contributed by atoms with Gasteiger partial charge in [0.15, 0.2) is 23.1 Å². The van der Waals surface area contributed by atoms with Crippen LogP contribution in [0.25, 0.3) is 0 Å². The average molecular weight is 419 g/mol. The summed E-state index contributed by atoms with van der Waals surface area (Å²) in [4.78, 5) is 23.8. The molecular formula is C21H25NO6S. The molecule has 8 heteroatoms. The highest BCUT2D eigenvalue weighted by Crippen LogP contribution is 2.23. The Labute approximate surface area is 170 Å². The molecular weight excluding hydrogens is 394 g/mol. The fourth-order valence-electron chi connectivity index (χ4n) is 2.72. The standard InChI is InChI=1S/C21H25NO6S/c1-14(2)19-9-8-17(10-15(19)3)27-13-21(24)28-12-20(23)22-16-6-5-7-18(11-16)29(4,25)26/h5-11,14H,12-13H2,1-4H3,(H,22,23). The number of benzene rings is 2. The molecule has 2 aromatic rings. The largest absolute Gasteiger partial charge is 0.482 e. The highest BCUT2D eigenvalue weighted by atomic mass is 32.2. The van der Waals surface area contributed by atoms with Gasteiger partial charge in [-0.05, 0) is 54.3 Å². The first-order chi connectivity index (χ1) is 13.6. The van der Waals surface area contributed by atoms with Crippen LogP contribution in [0.4, 0.5) is 5.69 Å². The van der Waals surface area contributed by atoms with Crippen LogP contribution in [0.1, 0.15) is 30.9 Å². The number of esters is 1. The first-order valence-corrected chi connectivity index (χ1v) is 10.9. The Balaban J connectivity index is 1.82. The molecule has 0 aliphatic rings. The molecule has 29 heavy (non-hydrogen) atoms. The Kier molecular flexibility index (Phi) is 7.39. The molecule has 1 amide bonds. The minimum atomic E-state index is -3.38. The summed E-state index contributed by atoms with van der Waals surface area (Å²) in [6.07, 6.45) is 1.08. The van der Waals surface area contributed by atoms with Crippen molar-refractivity contribution in [2.24, 2.45) is 0 Å². The number of carbonyl (C=O) groups is 2. The zero-order valence-corrected chi connectivity index (χ0v) is 17.7. The molecule has 0 aliphatic carbocycles. The van der Waals surface area contributed by atoms with E-state index in [0.29, 0.717) is 17.4 Å². The predicted octanol–water partition coefficient (Wildman–Crippen LogP) is 3.08. The molecule has 0 unspecified atom stereocenters. The number of anilines is 1. The van der Waals surface area contributed by atoms with Crippen LogP contribution in [-0.2, 0) is 24.2 Å².